The zero-order chi connectivity index (χ0) is 16.1. The van der Waals surface area contributed by atoms with Gasteiger partial charge in [0, 0.05) is 24.3 Å². The highest BCUT2D eigenvalue weighted by molar-refractivity contribution is 7.15. The number of ether oxygens (including phenoxy) is 1. The molecule has 1 aromatic rings. The van der Waals surface area contributed by atoms with Crippen LogP contribution in [0.4, 0.5) is 9.93 Å². The third-order valence-corrected chi connectivity index (χ3v) is 4.21. The number of hydrogen-bond acceptors (Lipinski definition) is 5. The molecule has 7 heteroatoms. The number of nitrogens with one attached hydrogen (secondary N) is 1. The zero-order valence-electron chi connectivity index (χ0n) is 12.9. The number of nitrogens with zero attached hydrogens (tertiary/aromatic N) is 2. The second-order valence-electron chi connectivity index (χ2n) is 5.56. The lowest BCUT2D eigenvalue weighted by atomic mass is 10.1. The number of rotatable bonds is 5. The molecule has 2 amide bonds. The largest absolute Gasteiger partial charge is 0.445 e. The fourth-order valence-corrected chi connectivity index (χ4v) is 3.21. The molecule has 1 N–H and O–H groups in total. The SMILES string of the molecule is C=CCOC(=O)Nc1nc2c(s1)CN(C(=O)CC(C)C)CC2. The van der Waals surface area contributed by atoms with Crippen LogP contribution < -0.4 is 5.32 Å². The van der Waals surface area contributed by atoms with Gasteiger partial charge in [0.05, 0.1) is 12.2 Å². The molecule has 0 aromatic carbocycles. The number of amides is 2. The van der Waals surface area contributed by atoms with Gasteiger partial charge in [-0.15, -0.1) is 0 Å². The fraction of sp³-hybridized carbons (Fsp3) is 0.533. The average molecular weight is 323 g/mol. The third-order valence-electron chi connectivity index (χ3n) is 3.21. The Kier molecular flexibility index (Phi) is 5.54. The number of fused-ring (bicyclic) bond motifs is 1. The molecule has 120 valence electrons. The van der Waals surface area contributed by atoms with Gasteiger partial charge in [-0.25, -0.2) is 9.78 Å². The summed E-state index contributed by atoms with van der Waals surface area (Å²) in [5.74, 6) is 0.529. The predicted molar refractivity (Wildman–Crippen MR) is 85.9 cm³/mol. The van der Waals surface area contributed by atoms with E-state index in [9.17, 15) is 9.59 Å². The van der Waals surface area contributed by atoms with Crippen molar-refractivity contribution in [2.45, 2.75) is 33.2 Å². The summed E-state index contributed by atoms with van der Waals surface area (Å²) in [7, 11) is 0. The standard InChI is InChI=1S/C15H21N3O3S/c1-4-7-21-15(20)17-14-16-11-5-6-18(9-12(11)22-14)13(19)8-10(2)3/h4,10H,1,5-9H2,2-3H3,(H,16,17,20). The van der Waals surface area contributed by atoms with Crippen LogP contribution in [0.25, 0.3) is 0 Å². The third kappa shape index (κ3) is 4.30. The van der Waals surface area contributed by atoms with E-state index in [1.807, 2.05) is 18.7 Å². The molecule has 6 nitrogen and oxygen atoms in total. The number of anilines is 1. The average Bonchev–Trinajstić information content (AvgIpc) is 2.85. The first-order chi connectivity index (χ1) is 10.5. The van der Waals surface area contributed by atoms with Crippen LogP contribution in [0.1, 0.15) is 30.8 Å². The summed E-state index contributed by atoms with van der Waals surface area (Å²) in [6, 6.07) is 0. The molecule has 0 fully saturated rings. The van der Waals surface area contributed by atoms with E-state index in [-0.39, 0.29) is 12.5 Å². The minimum atomic E-state index is -0.543. The van der Waals surface area contributed by atoms with Gasteiger partial charge in [0.25, 0.3) is 0 Å². The Labute approximate surface area is 134 Å². The molecule has 1 aliphatic heterocycles. The topological polar surface area (TPSA) is 71.5 Å². The number of thiazole rings is 1. The normalized spacial score (nSPS) is 13.7. The Hall–Kier alpha value is -1.89. The fourth-order valence-electron chi connectivity index (χ4n) is 2.20. The molecule has 0 saturated heterocycles. The lowest BCUT2D eigenvalue weighted by Crippen LogP contribution is -2.36. The van der Waals surface area contributed by atoms with E-state index >= 15 is 0 Å². The highest BCUT2D eigenvalue weighted by atomic mass is 32.1. The molecule has 0 radical (unpaired) electrons. The van der Waals surface area contributed by atoms with Crippen molar-refractivity contribution >= 4 is 28.5 Å². The van der Waals surface area contributed by atoms with Crippen molar-refractivity contribution in [2.75, 3.05) is 18.5 Å². The molecule has 2 heterocycles. The number of hydrogen-bond donors (Lipinski definition) is 1. The van der Waals surface area contributed by atoms with E-state index in [1.54, 1.807) is 0 Å². The maximum absolute atomic E-state index is 12.1. The van der Waals surface area contributed by atoms with Crippen molar-refractivity contribution in [1.29, 1.82) is 0 Å². The summed E-state index contributed by atoms with van der Waals surface area (Å²) < 4.78 is 4.86. The van der Waals surface area contributed by atoms with Crippen molar-refractivity contribution in [2.24, 2.45) is 5.92 Å². The van der Waals surface area contributed by atoms with Crippen LogP contribution in [0.15, 0.2) is 12.7 Å². The van der Waals surface area contributed by atoms with E-state index in [0.29, 0.717) is 30.6 Å². The van der Waals surface area contributed by atoms with Crippen molar-refractivity contribution < 1.29 is 14.3 Å². The van der Waals surface area contributed by atoms with Gasteiger partial charge in [0.15, 0.2) is 5.13 Å². The first-order valence-corrected chi connectivity index (χ1v) is 8.12. The molecule has 0 spiro atoms. The van der Waals surface area contributed by atoms with Gasteiger partial charge in [-0.05, 0) is 5.92 Å². The summed E-state index contributed by atoms with van der Waals surface area (Å²) in [5.41, 5.74) is 0.956. The molecule has 1 aromatic heterocycles. The summed E-state index contributed by atoms with van der Waals surface area (Å²) >= 11 is 1.39. The molecular formula is C15H21N3O3S. The van der Waals surface area contributed by atoms with Gasteiger partial charge >= 0.3 is 6.09 Å². The minimum Gasteiger partial charge on any atom is -0.445 e. The first-order valence-electron chi connectivity index (χ1n) is 7.30. The lowest BCUT2D eigenvalue weighted by Gasteiger charge is -2.26. The number of aromatic nitrogens is 1. The van der Waals surface area contributed by atoms with Crippen LogP contribution in [0.3, 0.4) is 0 Å². The Morgan fingerprint density at radius 1 is 1.55 bits per heavy atom. The smallest absolute Gasteiger partial charge is 0.413 e. The van der Waals surface area contributed by atoms with E-state index < -0.39 is 6.09 Å². The van der Waals surface area contributed by atoms with Crippen LogP contribution in [-0.4, -0.2) is 35.0 Å². The molecule has 22 heavy (non-hydrogen) atoms. The second kappa shape index (κ2) is 7.40. The minimum absolute atomic E-state index is 0.161. The molecule has 2 rings (SSSR count). The van der Waals surface area contributed by atoms with Crippen LogP contribution in [0, 0.1) is 5.92 Å². The van der Waals surface area contributed by atoms with Crippen molar-refractivity contribution in [3.8, 4) is 0 Å². The number of carbonyl (C=O) groups excluding carboxylic acids is 2. The van der Waals surface area contributed by atoms with Crippen molar-refractivity contribution in [3.63, 3.8) is 0 Å². The molecule has 0 aliphatic carbocycles. The summed E-state index contributed by atoms with van der Waals surface area (Å²) in [4.78, 5) is 30.9. The van der Waals surface area contributed by atoms with Crippen LogP contribution in [-0.2, 0) is 22.5 Å². The zero-order valence-corrected chi connectivity index (χ0v) is 13.7. The second-order valence-corrected chi connectivity index (χ2v) is 6.65. The van der Waals surface area contributed by atoms with Crippen molar-refractivity contribution in [3.05, 3.63) is 23.2 Å². The van der Waals surface area contributed by atoms with E-state index in [2.05, 4.69) is 16.9 Å². The molecule has 1 aliphatic rings. The van der Waals surface area contributed by atoms with Gasteiger partial charge in [-0.2, -0.15) is 0 Å². The molecule has 0 saturated carbocycles. The van der Waals surface area contributed by atoms with E-state index in [0.717, 1.165) is 17.0 Å². The quantitative estimate of drug-likeness (QED) is 0.846. The van der Waals surface area contributed by atoms with E-state index in [1.165, 1.54) is 17.4 Å². The van der Waals surface area contributed by atoms with Crippen molar-refractivity contribution in [1.82, 2.24) is 9.88 Å². The summed E-state index contributed by atoms with van der Waals surface area (Å²) in [5, 5.41) is 3.12. The maximum Gasteiger partial charge on any atom is 0.413 e. The molecule has 0 bridgehead atoms. The Bertz CT molecular complexity index is 568. The van der Waals surface area contributed by atoms with Gasteiger partial charge in [-0.3, -0.25) is 10.1 Å². The van der Waals surface area contributed by atoms with Gasteiger partial charge in [0.2, 0.25) is 5.91 Å². The monoisotopic (exact) mass is 323 g/mol. The highest BCUT2D eigenvalue weighted by Crippen LogP contribution is 2.28. The Morgan fingerprint density at radius 3 is 3.00 bits per heavy atom. The molecule has 0 atom stereocenters. The van der Waals surface area contributed by atoms with Crippen LogP contribution in [0.2, 0.25) is 0 Å². The van der Waals surface area contributed by atoms with E-state index in [4.69, 9.17) is 4.74 Å². The number of carbonyl (C=O) groups is 2. The van der Waals surface area contributed by atoms with Crippen LogP contribution in [0.5, 0.6) is 0 Å². The highest BCUT2D eigenvalue weighted by Gasteiger charge is 2.24. The maximum atomic E-state index is 12.1. The molecular weight excluding hydrogens is 302 g/mol. The van der Waals surface area contributed by atoms with Crippen LogP contribution >= 0.6 is 11.3 Å². The summed E-state index contributed by atoms with van der Waals surface area (Å²) in [6.45, 7) is 8.98. The predicted octanol–water partition coefficient (Wildman–Crippen LogP) is 2.81. The molecule has 0 unspecified atom stereocenters. The summed E-state index contributed by atoms with van der Waals surface area (Å²) in [6.07, 6.45) is 2.25. The Balaban J connectivity index is 1.96. The first kappa shape index (κ1) is 16.5. The van der Waals surface area contributed by atoms with Gasteiger partial charge < -0.3 is 9.64 Å². The lowest BCUT2D eigenvalue weighted by molar-refractivity contribution is -0.132. The van der Waals surface area contributed by atoms with Gasteiger partial charge in [0.1, 0.15) is 6.61 Å². The Morgan fingerprint density at radius 2 is 2.32 bits per heavy atom. The van der Waals surface area contributed by atoms with Gasteiger partial charge in [-0.1, -0.05) is 37.8 Å².